The van der Waals surface area contributed by atoms with E-state index in [9.17, 15) is 14.4 Å². The lowest BCUT2D eigenvalue weighted by Gasteiger charge is -2.17. The molecule has 1 rings (SSSR count). The van der Waals surface area contributed by atoms with Crippen molar-refractivity contribution in [1.82, 2.24) is 5.06 Å². The highest BCUT2D eigenvalue weighted by atomic mass is 32.1. The van der Waals surface area contributed by atoms with E-state index in [4.69, 9.17) is 4.84 Å². The van der Waals surface area contributed by atoms with Crippen molar-refractivity contribution in [3.8, 4) is 0 Å². The van der Waals surface area contributed by atoms with Gasteiger partial charge in [0.1, 0.15) is 0 Å². The van der Waals surface area contributed by atoms with Crippen LogP contribution in [0.1, 0.15) is 39.5 Å². The van der Waals surface area contributed by atoms with E-state index in [0.717, 1.165) is 0 Å². The lowest BCUT2D eigenvalue weighted by Crippen LogP contribution is -2.32. The molecule has 1 aliphatic heterocycles. The first-order chi connectivity index (χ1) is 7.29. The Morgan fingerprint density at radius 1 is 1.38 bits per heavy atom. The minimum Gasteiger partial charge on any atom is -0.330 e. The third-order valence-electron chi connectivity index (χ3n) is 2.14. The van der Waals surface area contributed by atoms with Crippen molar-refractivity contribution in [3.05, 3.63) is 0 Å². The van der Waals surface area contributed by atoms with Gasteiger partial charge in [-0.1, -0.05) is 13.8 Å². The fraction of sp³-hybridized carbons (Fsp3) is 0.700. The maximum absolute atomic E-state index is 11.3. The Morgan fingerprint density at radius 3 is 2.31 bits per heavy atom. The highest BCUT2D eigenvalue weighted by Gasteiger charge is 2.32. The first kappa shape index (κ1) is 13.0. The average Bonchev–Trinajstić information content (AvgIpc) is 2.45. The van der Waals surface area contributed by atoms with Crippen LogP contribution in [0.15, 0.2) is 0 Å². The van der Waals surface area contributed by atoms with Gasteiger partial charge in [-0.3, -0.25) is 9.59 Å². The van der Waals surface area contributed by atoms with Gasteiger partial charge in [-0.25, -0.2) is 4.79 Å². The molecule has 0 aromatic carbocycles. The molecular weight excluding hydrogens is 230 g/mol. The number of amides is 2. The van der Waals surface area contributed by atoms with Crippen LogP contribution in [0.3, 0.4) is 0 Å². The van der Waals surface area contributed by atoms with Crippen LogP contribution >= 0.6 is 12.6 Å². The summed E-state index contributed by atoms with van der Waals surface area (Å²) in [5, 5.41) is 0.563. The molecule has 0 unspecified atom stereocenters. The van der Waals surface area contributed by atoms with E-state index in [1.165, 1.54) is 0 Å². The monoisotopic (exact) mass is 245 g/mol. The molecule has 2 amide bonds. The molecule has 0 aromatic rings. The first-order valence-electron chi connectivity index (χ1n) is 5.08. The number of thiol groups is 1. The second-order valence-corrected chi connectivity index (χ2v) is 5.57. The zero-order valence-electron chi connectivity index (χ0n) is 9.36. The van der Waals surface area contributed by atoms with Crippen molar-refractivity contribution in [1.29, 1.82) is 0 Å². The molecule has 0 radical (unpaired) electrons. The van der Waals surface area contributed by atoms with Crippen LogP contribution in [0.2, 0.25) is 0 Å². The second kappa shape index (κ2) is 4.86. The van der Waals surface area contributed by atoms with Crippen LogP contribution in [0, 0.1) is 0 Å². The molecule has 0 atom stereocenters. The highest BCUT2D eigenvalue weighted by molar-refractivity contribution is 7.81. The second-order valence-electron chi connectivity index (χ2n) is 4.36. The van der Waals surface area contributed by atoms with E-state index in [-0.39, 0.29) is 24.0 Å². The lowest BCUT2D eigenvalue weighted by molar-refractivity contribution is -0.197. The predicted molar refractivity (Wildman–Crippen MR) is 59.5 cm³/mol. The Kier molecular flexibility index (Phi) is 3.96. The number of hydrogen-bond acceptors (Lipinski definition) is 5. The predicted octanol–water partition coefficient (Wildman–Crippen LogP) is 1.08. The molecule has 5 nitrogen and oxygen atoms in total. The number of rotatable bonds is 4. The van der Waals surface area contributed by atoms with E-state index < -0.39 is 17.8 Å². The average molecular weight is 245 g/mol. The fourth-order valence-electron chi connectivity index (χ4n) is 1.21. The van der Waals surface area contributed by atoms with Crippen molar-refractivity contribution in [3.63, 3.8) is 0 Å². The molecule has 0 spiro atoms. The van der Waals surface area contributed by atoms with Gasteiger partial charge in [0.15, 0.2) is 0 Å². The number of hydrogen-bond donors (Lipinski definition) is 1. The summed E-state index contributed by atoms with van der Waals surface area (Å²) in [6.45, 7) is 3.74. The van der Waals surface area contributed by atoms with Crippen molar-refractivity contribution >= 4 is 30.4 Å². The molecule has 0 N–H and O–H groups in total. The van der Waals surface area contributed by atoms with E-state index in [1.807, 2.05) is 13.8 Å². The topological polar surface area (TPSA) is 63.7 Å². The van der Waals surface area contributed by atoms with Crippen LogP contribution in [-0.2, 0) is 19.2 Å². The van der Waals surface area contributed by atoms with Crippen LogP contribution in [0.4, 0.5) is 0 Å². The molecule has 1 aliphatic rings. The minimum absolute atomic E-state index is 0.115. The number of carbonyl (C=O) groups excluding carboxylic acids is 3. The summed E-state index contributed by atoms with van der Waals surface area (Å²) in [5.74, 6) is -1.49. The molecule has 1 heterocycles. The molecule has 0 aliphatic carbocycles. The molecule has 0 aromatic heterocycles. The lowest BCUT2D eigenvalue weighted by atomic mass is 10.1. The molecule has 6 heteroatoms. The summed E-state index contributed by atoms with van der Waals surface area (Å²) in [4.78, 5) is 38.3. The third kappa shape index (κ3) is 3.84. The van der Waals surface area contributed by atoms with E-state index in [0.29, 0.717) is 11.5 Å². The van der Waals surface area contributed by atoms with Gasteiger partial charge in [-0.05, 0) is 6.42 Å². The standard InChI is InChI=1S/C10H15NO4S/c1-10(2,16)6-5-9(14)15-11-7(12)3-4-8(11)13/h16H,3-6H2,1-2H3. The van der Waals surface area contributed by atoms with Crippen LogP contribution in [-0.4, -0.2) is 27.6 Å². The normalized spacial score (nSPS) is 16.8. The highest BCUT2D eigenvalue weighted by Crippen LogP contribution is 2.20. The van der Waals surface area contributed by atoms with Gasteiger partial charge in [-0.15, -0.1) is 5.06 Å². The maximum atomic E-state index is 11.3. The van der Waals surface area contributed by atoms with Gasteiger partial charge in [0.2, 0.25) is 0 Å². The van der Waals surface area contributed by atoms with Crippen molar-refractivity contribution in [2.45, 2.75) is 44.3 Å². The van der Waals surface area contributed by atoms with Crippen molar-refractivity contribution in [2.24, 2.45) is 0 Å². The summed E-state index contributed by atoms with van der Waals surface area (Å²) in [5.41, 5.74) is 0. The molecule has 90 valence electrons. The molecule has 1 fully saturated rings. The van der Waals surface area contributed by atoms with Crippen molar-refractivity contribution < 1.29 is 19.2 Å². The Morgan fingerprint density at radius 2 is 1.88 bits per heavy atom. The maximum Gasteiger partial charge on any atom is 0.333 e. The van der Waals surface area contributed by atoms with Gasteiger partial charge >= 0.3 is 5.97 Å². The number of hydroxylamine groups is 2. The Bertz CT molecular complexity index is 305. The summed E-state index contributed by atoms with van der Waals surface area (Å²) >= 11 is 4.26. The third-order valence-corrected chi connectivity index (χ3v) is 2.36. The SMILES string of the molecule is CC(C)(S)CCC(=O)ON1C(=O)CCC1=O. The van der Waals surface area contributed by atoms with Crippen LogP contribution in [0.25, 0.3) is 0 Å². The molecule has 0 bridgehead atoms. The van der Waals surface area contributed by atoms with E-state index >= 15 is 0 Å². The molecular formula is C10H15NO4S. The van der Waals surface area contributed by atoms with E-state index in [2.05, 4.69) is 12.6 Å². The summed E-state index contributed by atoms with van der Waals surface area (Å²) < 4.78 is -0.280. The number of carbonyl (C=O) groups is 3. The minimum atomic E-state index is -0.578. The van der Waals surface area contributed by atoms with Crippen LogP contribution < -0.4 is 0 Å². The largest absolute Gasteiger partial charge is 0.333 e. The Labute approximate surface area is 99.5 Å². The van der Waals surface area contributed by atoms with Gasteiger partial charge in [0.05, 0.1) is 0 Å². The van der Waals surface area contributed by atoms with Crippen LogP contribution in [0.5, 0.6) is 0 Å². The summed E-state index contributed by atoms with van der Waals surface area (Å²) in [7, 11) is 0. The smallest absolute Gasteiger partial charge is 0.330 e. The zero-order valence-corrected chi connectivity index (χ0v) is 10.3. The van der Waals surface area contributed by atoms with E-state index in [1.54, 1.807) is 0 Å². The quantitative estimate of drug-likeness (QED) is 0.594. The number of imide groups is 1. The fourth-order valence-corrected chi connectivity index (χ4v) is 1.33. The van der Waals surface area contributed by atoms with Gasteiger partial charge in [0.25, 0.3) is 11.8 Å². The van der Waals surface area contributed by atoms with Crippen molar-refractivity contribution in [2.75, 3.05) is 0 Å². The molecule has 16 heavy (non-hydrogen) atoms. The number of nitrogens with zero attached hydrogens (tertiary/aromatic N) is 1. The molecule has 1 saturated heterocycles. The Balaban J connectivity index is 2.40. The molecule has 0 saturated carbocycles. The first-order valence-corrected chi connectivity index (χ1v) is 5.53. The Hall–Kier alpha value is -1.04. The zero-order chi connectivity index (χ0) is 12.3. The van der Waals surface area contributed by atoms with Gasteiger partial charge in [0, 0.05) is 24.0 Å². The summed E-state index contributed by atoms with van der Waals surface area (Å²) in [6, 6.07) is 0. The van der Waals surface area contributed by atoms with Gasteiger partial charge < -0.3 is 4.84 Å². The van der Waals surface area contributed by atoms with Gasteiger partial charge in [-0.2, -0.15) is 12.6 Å². The summed E-state index contributed by atoms with van der Waals surface area (Å²) in [6.07, 6.45) is 0.882.